The number of alkyl halides is 3. The summed E-state index contributed by atoms with van der Waals surface area (Å²) < 4.78 is 65.8. The molecule has 0 atom stereocenters. The third-order valence-electron chi connectivity index (χ3n) is 7.05. The van der Waals surface area contributed by atoms with Crippen LogP contribution in [0.25, 0.3) is 21.9 Å². The fourth-order valence-corrected chi connectivity index (χ4v) is 5.86. The van der Waals surface area contributed by atoms with E-state index < -0.39 is 39.4 Å². The fourth-order valence-electron chi connectivity index (χ4n) is 4.97. The van der Waals surface area contributed by atoms with Crippen molar-refractivity contribution in [1.82, 2.24) is 4.57 Å². The van der Waals surface area contributed by atoms with Crippen molar-refractivity contribution in [1.29, 1.82) is 0 Å². The van der Waals surface area contributed by atoms with E-state index >= 15 is 0 Å². The molecule has 5 aromatic rings. The molecule has 12 heteroatoms. The molecule has 0 bridgehead atoms. The highest BCUT2D eigenvalue weighted by atomic mass is 32.2. The number of anilines is 1. The fraction of sp³-hybridized carbons (Fsp3) is 0.200. The highest BCUT2D eigenvalue weighted by molar-refractivity contribution is 7.99. The first kappa shape index (κ1) is 27.9. The Bertz CT molecular complexity index is 1930. The summed E-state index contributed by atoms with van der Waals surface area (Å²) in [6, 6.07) is 15.1. The molecule has 0 radical (unpaired) electrons. The molecule has 1 fully saturated rings. The van der Waals surface area contributed by atoms with Gasteiger partial charge in [-0.15, -0.1) is 0 Å². The Morgan fingerprint density at radius 1 is 0.952 bits per heavy atom. The van der Waals surface area contributed by atoms with Crippen molar-refractivity contribution in [2.75, 3.05) is 31.2 Å². The van der Waals surface area contributed by atoms with Crippen molar-refractivity contribution in [3.05, 3.63) is 104 Å². The summed E-state index contributed by atoms with van der Waals surface area (Å²) in [4.78, 5) is 28.7. The van der Waals surface area contributed by atoms with Gasteiger partial charge in [0, 0.05) is 29.1 Å². The van der Waals surface area contributed by atoms with Crippen LogP contribution < -0.4 is 16.1 Å². The molecule has 1 aliphatic rings. The third kappa shape index (κ3) is 5.23. The molecule has 3 heterocycles. The van der Waals surface area contributed by atoms with E-state index in [0.717, 1.165) is 17.8 Å². The number of aromatic hydroxyl groups is 1. The van der Waals surface area contributed by atoms with Crippen molar-refractivity contribution < 1.29 is 31.8 Å². The van der Waals surface area contributed by atoms with Gasteiger partial charge >= 0.3 is 11.8 Å². The first-order valence-electron chi connectivity index (χ1n) is 12.9. The Balaban J connectivity index is 1.57. The molecule has 2 aromatic heterocycles. The van der Waals surface area contributed by atoms with Crippen molar-refractivity contribution >= 4 is 39.3 Å². The summed E-state index contributed by atoms with van der Waals surface area (Å²) in [6.07, 6.45) is -4.61. The van der Waals surface area contributed by atoms with Gasteiger partial charge in [-0.25, -0.2) is 9.18 Å². The van der Waals surface area contributed by atoms with Gasteiger partial charge in [0.25, 0.3) is 5.56 Å². The Hall–Kier alpha value is -4.29. The maximum atomic E-state index is 13.9. The highest BCUT2D eigenvalue weighted by Crippen LogP contribution is 2.39. The molecule has 6 rings (SSSR count). The highest BCUT2D eigenvalue weighted by Gasteiger charge is 2.31. The molecule has 3 aromatic carbocycles. The van der Waals surface area contributed by atoms with Gasteiger partial charge in [0.2, 0.25) is 0 Å². The smallest absolute Gasteiger partial charge is 0.416 e. The number of halogens is 4. The number of morpholine rings is 1. The SMILES string of the molecule is O=c1oc2c(c(O)c1Sc1cccc(C(F)(F)F)c1)c(=O)n(Cc1ccc(F)cc1)c1ccc(N3CCOCC3)cc21. The number of ether oxygens (including phenoxy) is 1. The van der Waals surface area contributed by atoms with Crippen molar-refractivity contribution in [2.45, 2.75) is 22.5 Å². The quantitative estimate of drug-likeness (QED) is 0.196. The number of pyridine rings is 1. The number of hydrogen-bond donors (Lipinski definition) is 1. The Morgan fingerprint density at radius 2 is 1.69 bits per heavy atom. The van der Waals surface area contributed by atoms with Crippen LogP contribution in [0.3, 0.4) is 0 Å². The minimum atomic E-state index is -4.61. The summed E-state index contributed by atoms with van der Waals surface area (Å²) in [5.41, 5.74) is -0.966. The van der Waals surface area contributed by atoms with E-state index in [0.29, 0.717) is 54.5 Å². The zero-order valence-corrected chi connectivity index (χ0v) is 22.6. The van der Waals surface area contributed by atoms with E-state index in [4.69, 9.17) is 9.15 Å². The van der Waals surface area contributed by atoms with E-state index in [9.17, 15) is 32.3 Å². The van der Waals surface area contributed by atoms with Crippen LogP contribution in [0.2, 0.25) is 0 Å². The lowest BCUT2D eigenvalue weighted by Gasteiger charge is -2.29. The lowest BCUT2D eigenvalue weighted by molar-refractivity contribution is -0.137. The first-order chi connectivity index (χ1) is 20.1. The molecular weight excluding hydrogens is 576 g/mol. The third-order valence-corrected chi connectivity index (χ3v) is 8.10. The average molecular weight is 599 g/mol. The van der Waals surface area contributed by atoms with E-state index in [1.807, 2.05) is 6.07 Å². The van der Waals surface area contributed by atoms with E-state index in [-0.39, 0.29) is 22.4 Å². The number of aromatic nitrogens is 1. The molecule has 7 nitrogen and oxygen atoms in total. The van der Waals surface area contributed by atoms with Crippen LogP contribution in [0.1, 0.15) is 11.1 Å². The first-order valence-corrected chi connectivity index (χ1v) is 13.7. The van der Waals surface area contributed by atoms with Crippen LogP contribution in [0.15, 0.2) is 90.5 Å². The molecule has 1 aliphatic heterocycles. The Morgan fingerprint density at radius 3 is 2.40 bits per heavy atom. The minimum Gasteiger partial charge on any atom is -0.505 e. The largest absolute Gasteiger partial charge is 0.505 e. The van der Waals surface area contributed by atoms with Gasteiger partial charge in [-0.2, -0.15) is 13.2 Å². The molecule has 1 N–H and O–H groups in total. The topological polar surface area (TPSA) is 84.9 Å². The minimum absolute atomic E-state index is 0.0110. The number of nitrogens with zero attached hydrogens (tertiary/aromatic N) is 2. The molecule has 216 valence electrons. The summed E-state index contributed by atoms with van der Waals surface area (Å²) in [5.74, 6) is -1.14. The Labute approximate surface area is 239 Å². The molecule has 0 aliphatic carbocycles. The second-order valence-corrected chi connectivity index (χ2v) is 10.8. The molecule has 1 saturated heterocycles. The normalized spacial score (nSPS) is 14.1. The number of benzene rings is 3. The zero-order chi connectivity index (χ0) is 29.6. The molecular formula is C30H22F4N2O5S. The van der Waals surface area contributed by atoms with Gasteiger partial charge in [-0.05, 0) is 54.1 Å². The van der Waals surface area contributed by atoms with Crippen LogP contribution in [-0.2, 0) is 17.5 Å². The standard InChI is InChI=1S/C30H22F4N2O5S/c31-19-6-4-17(5-7-19)16-36-23-9-8-20(35-10-12-40-13-11-35)15-22(23)26-24(28(36)38)25(37)27(29(39)41-26)42-21-3-1-2-18(14-21)30(32,33)34/h1-9,14-15,37H,10-13,16H2. The van der Waals surface area contributed by atoms with Crippen LogP contribution in [0.4, 0.5) is 23.2 Å². The van der Waals surface area contributed by atoms with Gasteiger partial charge in [0.05, 0.1) is 30.8 Å². The summed E-state index contributed by atoms with van der Waals surface area (Å²) in [7, 11) is 0. The van der Waals surface area contributed by atoms with Crippen molar-refractivity contribution in [3.63, 3.8) is 0 Å². The van der Waals surface area contributed by atoms with E-state index in [2.05, 4.69) is 4.90 Å². The monoisotopic (exact) mass is 598 g/mol. The van der Waals surface area contributed by atoms with Gasteiger partial charge in [-0.3, -0.25) is 4.79 Å². The molecule has 0 unspecified atom stereocenters. The number of hydrogen-bond acceptors (Lipinski definition) is 7. The van der Waals surface area contributed by atoms with Gasteiger partial charge in [0.1, 0.15) is 16.1 Å². The molecule has 0 saturated carbocycles. The van der Waals surface area contributed by atoms with Crippen molar-refractivity contribution in [2.24, 2.45) is 0 Å². The predicted molar refractivity (Wildman–Crippen MR) is 150 cm³/mol. The second kappa shape index (κ2) is 10.8. The van der Waals surface area contributed by atoms with Crippen molar-refractivity contribution in [3.8, 4) is 5.75 Å². The van der Waals surface area contributed by atoms with Crippen LogP contribution in [-0.4, -0.2) is 36.0 Å². The van der Waals surface area contributed by atoms with Gasteiger partial charge in [-0.1, -0.05) is 30.0 Å². The molecule has 0 spiro atoms. The van der Waals surface area contributed by atoms with E-state index in [1.54, 1.807) is 12.1 Å². The second-order valence-electron chi connectivity index (χ2n) is 9.72. The molecule has 0 amide bonds. The number of rotatable bonds is 5. The average Bonchev–Trinajstić information content (AvgIpc) is 2.98. The maximum absolute atomic E-state index is 13.9. The van der Waals surface area contributed by atoms with Crippen LogP contribution in [0, 0.1) is 5.82 Å². The van der Waals surface area contributed by atoms with Crippen LogP contribution in [0.5, 0.6) is 5.75 Å². The van der Waals surface area contributed by atoms with Crippen LogP contribution >= 0.6 is 11.8 Å². The summed E-state index contributed by atoms with van der Waals surface area (Å²) in [6.45, 7) is 2.29. The number of fused-ring (bicyclic) bond motifs is 3. The van der Waals surface area contributed by atoms with Gasteiger partial charge < -0.3 is 23.7 Å². The lowest BCUT2D eigenvalue weighted by Crippen LogP contribution is -2.36. The Kier molecular flexibility index (Phi) is 7.19. The lowest BCUT2D eigenvalue weighted by atomic mass is 10.1. The molecule has 42 heavy (non-hydrogen) atoms. The zero-order valence-electron chi connectivity index (χ0n) is 21.8. The van der Waals surface area contributed by atoms with Gasteiger partial charge in [0.15, 0.2) is 11.3 Å². The maximum Gasteiger partial charge on any atom is 0.416 e. The summed E-state index contributed by atoms with van der Waals surface area (Å²) in [5, 5.41) is 11.4. The summed E-state index contributed by atoms with van der Waals surface area (Å²) >= 11 is 0.569. The predicted octanol–water partition coefficient (Wildman–Crippen LogP) is 6.01. The van der Waals surface area contributed by atoms with E-state index in [1.165, 1.54) is 41.0 Å².